The van der Waals surface area contributed by atoms with E-state index >= 15 is 0 Å². The van der Waals surface area contributed by atoms with Gasteiger partial charge in [-0.25, -0.2) is 13.6 Å². The summed E-state index contributed by atoms with van der Waals surface area (Å²) in [5.74, 6) is -3.06. The standard InChI is InChI=1S/C31H23F2N3O4/c1-39-31(38)24(36-30(37)27-22(32)5-2-6-23(27)33)16-18-7-8-20(28-19(18)4-3-13-34-28)21-9-10-25-26-17(12-15-40-25)11-14-35-29(21)26/h2-11,13-14,24H,12,15-16H2,1H3,(H,36,37)/t24-/m0/s1. The smallest absolute Gasteiger partial charge is 0.328 e. The molecule has 1 N–H and O–H groups in total. The molecule has 0 radical (unpaired) electrons. The number of fused-ring (bicyclic) bond motifs is 1. The minimum Gasteiger partial charge on any atom is -0.493 e. The number of pyridine rings is 2. The van der Waals surface area contributed by atoms with Crippen molar-refractivity contribution >= 4 is 33.7 Å². The average Bonchev–Trinajstić information content (AvgIpc) is 2.97. The third-order valence-corrected chi connectivity index (χ3v) is 7.12. The zero-order valence-electron chi connectivity index (χ0n) is 21.4. The van der Waals surface area contributed by atoms with Crippen LogP contribution in [0.5, 0.6) is 5.75 Å². The number of esters is 1. The fraction of sp³-hybridized carbons (Fsp3) is 0.161. The van der Waals surface area contributed by atoms with Crippen molar-refractivity contribution in [3.8, 4) is 16.9 Å². The largest absolute Gasteiger partial charge is 0.493 e. The molecule has 9 heteroatoms. The molecule has 40 heavy (non-hydrogen) atoms. The lowest BCUT2D eigenvalue weighted by Gasteiger charge is -2.21. The second kappa shape index (κ2) is 10.3. The highest BCUT2D eigenvalue weighted by molar-refractivity contribution is 6.06. The molecule has 3 aromatic carbocycles. The number of nitrogens with one attached hydrogen (secondary N) is 1. The Kier molecular flexibility index (Phi) is 6.55. The van der Waals surface area contributed by atoms with Gasteiger partial charge in [0.05, 0.1) is 24.8 Å². The van der Waals surface area contributed by atoms with E-state index in [9.17, 15) is 18.4 Å². The fourth-order valence-electron chi connectivity index (χ4n) is 5.25. The van der Waals surface area contributed by atoms with Gasteiger partial charge in [-0.05, 0) is 47.5 Å². The van der Waals surface area contributed by atoms with Crippen LogP contribution in [-0.2, 0) is 22.4 Å². The molecule has 1 atom stereocenters. The minimum absolute atomic E-state index is 0.00683. The predicted molar refractivity (Wildman–Crippen MR) is 145 cm³/mol. The highest BCUT2D eigenvalue weighted by atomic mass is 19.1. The van der Waals surface area contributed by atoms with Crippen LogP contribution in [0.25, 0.3) is 32.9 Å². The van der Waals surface area contributed by atoms with E-state index < -0.39 is 35.1 Å². The van der Waals surface area contributed by atoms with E-state index in [1.54, 1.807) is 18.5 Å². The first-order valence-electron chi connectivity index (χ1n) is 12.7. The number of halogens is 2. The minimum atomic E-state index is -1.20. The van der Waals surface area contributed by atoms with Gasteiger partial charge in [-0.15, -0.1) is 0 Å². The number of hydrogen-bond donors (Lipinski definition) is 1. The summed E-state index contributed by atoms with van der Waals surface area (Å²) in [6.45, 7) is 0.617. The lowest BCUT2D eigenvalue weighted by atomic mass is 9.92. The van der Waals surface area contributed by atoms with Crippen molar-refractivity contribution < 1.29 is 27.8 Å². The molecule has 1 aliphatic rings. The summed E-state index contributed by atoms with van der Waals surface area (Å²) in [6, 6.07) is 15.2. The Morgan fingerprint density at radius 1 is 0.950 bits per heavy atom. The first kappa shape index (κ1) is 25.4. The molecule has 200 valence electrons. The Morgan fingerprint density at radius 2 is 1.70 bits per heavy atom. The summed E-state index contributed by atoms with van der Waals surface area (Å²) >= 11 is 0. The van der Waals surface area contributed by atoms with Gasteiger partial charge in [0.25, 0.3) is 5.91 Å². The molecule has 3 heterocycles. The number of amides is 1. The fourth-order valence-corrected chi connectivity index (χ4v) is 5.25. The summed E-state index contributed by atoms with van der Waals surface area (Å²) in [4.78, 5) is 34.8. The molecular formula is C31H23F2N3O4. The van der Waals surface area contributed by atoms with Crippen LogP contribution in [0.1, 0.15) is 21.5 Å². The van der Waals surface area contributed by atoms with Crippen molar-refractivity contribution in [3.63, 3.8) is 0 Å². The summed E-state index contributed by atoms with van der Waals surface area (Å²) in [6.07, 6.45) is 4.28. The Balaban J connectivity index is 1.41. The third kappa shape index (κ3) is 4.39. The number of carbonyl (C=O) groups is 2. The molecule has 0 unspecified atom stereocenters. The van der Waals surface area contributed by atoms with Gasteiger partial charge in [0.2, 0.25) is 0 Å². The highest BCUT2D eigenvalue weighted by Gasteiger charge is 2.27. The number of carbonyl (C=O) groups excluding carboxylic acids is 2. The molecule has 1 aliphatic heterocycles. The van der Waals surface area contributed by atoms with Gasteiger partial charge in [-0.3, -0.25) is 14.8 Å². The van der Waals surface area contributed by atoms with Gasteiger partial charge < -0.3 is 14.8 Å². The van der Waals surface area contributed by atoms with Crippen LogP contribution < -0.4 is 10.1 Å². The van der Waals surface area contributed by atoms with E-state index in [2.05, 4.69) is 15.3 Å². The van der Waals surface area contributed by atoms with Gasteiger partial charge in [-0.1, -0.05) is 24.3 Å². The summed E-state index contributed by atoms with van der Waals surface area (Å²) in [5, 5.41) is 4.16. The second-order valence-electron chi connectivity index (χ2n) is 9.43. The zero-order chi connectivity index (χ0) is 27.8. The molecule has 1 amide bonds. The second-order valence-corrected chi connectivity index (χ2v) is 9.43. The number of ether oxygens (including phenoxy) is 2. The van der Waals surface area contributed by atoms with E-state index in [0.29, 0.717) is 17.7 Å². The number of rotatable bonds is 6. The summed E-state index contributed by atoms with van der Waals surface area (Å²) in [5.41, 5.74) is 4.30. The van der Waals surface area contributed by atoms with Crippen LogP contribution in [-0.4, -0.2) is 41.6 Å². The Bertz CT molecular complexity index is 1780. The maximum atomic E-state index is 14.2. The monoisotopic (exact) mass is 539 g/mol. The van der Waals surface area contributed by atoms with Crippen molar-refractivity contribution in [3.05, 3.63) is 101 Å². The van der Waals surface area contributed by atoms with Crippen LogP contribution in [0.2, 0.25) is 0 Å². The normalized spacial score (nSPS) is 13.1. The molecule has 0 saturated heterocycles. The molecule has 0 spiro atoms. The predicted octanol–water partition coefficient (Wildman–Crippen LogP) is 5.18. The average molecular weight is 540 g/mol. The first-order valence-corrected chi connectivity index (χ1v) is 12.7. The Labute approximate surface area is 227 Å². The molecule has 5 aromatic rings. The van der Waals surface area contributed by atoms with Crippen molar-refractivity contribution in [1.82, 2.24) is 15.3 Å². The van der Waals surface area contributed by atoms with E-state index in [1.807, 2.05) is 36.4 Å². The van der Waals surface area contributed by atoms with Crippen LogP contribution in [0.4, 0.5) is 8.78 Å². The van der Waals surface area contributed by atoms with Gasteiger partial charge in [0.1, 0.15) is 29.0 Å². The van der Waals surface area contributed by atoms with Crippen molar-refractivity contribution in [1.29, 1.82) is 0 Å². The van der Waals surface area contributed by atoms with E-state index in [-0.39, 0.29) is 6.42 Å². The maximum absolute atomic E-state index is 14.2. The van der Waals surface area contributed by atoms with E-state index in [1.165, 1.54) is 12.7 Å². The Morgan fingerprint density at radius 3 is 2.50 bits per heavy atom. The summed E-state index contributed by atoms with van der Waals surface area (Å²) < 4.78 is 39.2. The van der Waals surface area contributed by atoms with Gasteiger partial charge in [0, 0.05) is 47.1 Å². The molecule has 0 fully saturated rings. The number of benzene rings is 3. The van der Waals surface area contributed by atoms with Crippen LogP contribution >= 0.6 is 0 Å². The lowest BCUT2D eigenvalue weighted by Crippen LogP contribution is -2.43. The molecule has 6 rings (SSSR count). The number of aromatic nitrogens is 2. The number of hydrogen-bond acceptors (Lipinski definition) is 6. The molecule has 0 aliphatic carbocycles. The Hall–Kier alpha value is -4.92. The van der Waals surface area contributed by atoms with Gasteiger partial charge >= 0.3 is 5.97 Å². The molecule has 2 aromatic heterocycles. The number of methoxy groups -OCH3 is 1. The van der Waals surface area contributed by atoms with Gasteiger partial charge in [0.15, 0.2) is 0 Å². The van der Waals surface area contributed by atoms with Gasteiger partial charge in [-0.2, -0.15) is 0 Å². The van der Waals surface area contributed by atoms with Crippen LogP contribution in [0.15, 0.2) is 73.1 Å². The SMILES string of the molecule is COC(=O)[C@H](Cc1ccc(-c2ccc3c4c(ccnc24)CCO3)c2ncccc12)NC(=O)c1c(F)cccc1F. The van der Waals surface area contributed by atoms with Crippen molar-refractivity contribution in [2.24, 2.45) is 0 Å². The number of nitrogens with zero attached hydrogens (tertiary/aromatic N) is 2. The third-order valence-electron chi connectivity index (χ3n) is 7.12. The molecule has 0 saturated carbocycles. The maximum Gasteiger partial charge on any atom is 0.328 e. The topological polar surface area (TPSA) is 90.4 Å². The van der Waals surface area contributed by atoms with Crippen molar-refractivity contribution in [2.45, 2.75) is 18.9 Å². The molecule has 7 nitrogen and oxygen atoms in total. The van der Waals surface area contributed by atoms with Crippen LogP contribution in [0.3, 0.4) is 0 Å². The quantitative estimate of drug-likeness (QED) is 0.299. The summed E-state index contributed by atoms with van der Waals surface area (Å²) in [7, 11) is 1.18. The van der Waals surface area contributed by atoms with Crippen molar-refractivity contribution in [2.75, 3.05) is 13.7 Å². The first-order chi connectivity index (χ1) is 19.5. The highest BCUT2D eigenvalue weighted by Crippen LogP contribution is 2.39. The molecule has 0 bridgehead atoms. The lowest BCUT2D eigenvalue weighted by molar-refractivity contribution is -0.142. The van der Waals surface area contributed by atoms with E-state index in [4.69, 9.17) is 9.47 Å². The van der Waals surface area contributed by atoms with Crippen LogP contribution in [0, 0.1) is 11.6 Å². The zero-order valence-corrected chi connectivity index (χ0v) is 21.4. The van der Waals surface area contributed by atoms with E-state index in [0.717, 1.165) is 57.8 Å². The molecular weight excluding hydrogens is 516 g/mol.